The molecule has 1 amide bonds. The average Bonchev–Trinajstić information content (AvgIpc) is 2.79. The molecule has 1 saturated carbocycles. The molecule has 4 atom stereocenters. The van der Waals surface area contributed by atoms with E-state index in [1.807, 2.05) is 0 Å². The molecule has 98 valence electrons. The summed E-state index contributed by atoms with van der Waals surface area (Å²) in [7, 11) is 0. The molecule has 0 spiro atoms. The molecular formula is C13H24N2OS. The van der Waals surface area contributed by atoms with Crippen LogP contribution in [0.1, 0.15) is 39.0 Å². The van der Waals surface area contributed by atoms with E-state index in [0.717, 1.165) is 18.9 Å². The Morgan fingerprint density at radius 3 is 2.94 bits per heavy atom. The molecule has 1 aliphatic heterocycles. The van der Waals surface area contributed by atoms with Crippen LogP contribution in [0.3, 0.4) is 0 Å². The number of amides is 1. The van der Waals surface area contributed by atoms with Gasteiger partial charge in [0.15, 0.2) is 0 Å². The van der Waals surface area contributed by atoms with Gasteiger partial charge in [-0.1, -0.05) is 19.8 Å². The minimum absolute atomic E-state index is 0.0668. The number of hydrogen-bond donors (Lipinski definition) is 2. The number of hydrogen-bond acceptors (Lipinski definition) is 3. The monoisotopic (exact) mass is 256 g/mol. The zero-order chi connectivity index (χ0) is 12.3. The molecule has 0 aromatic heterocycles. The molecule has 17 heavy (non-hydrogen) atoms. The second kappa shape index (κ2) is 6.10. The van der Waals surface area contributed by atoms with Gasteiger partial charge in [0.1, 0.15) is 0 Å². The zero-order valence-electron chi connectivity index (χ0n) is 10.9. The van der Waals surface area contributed by atoms with Crippen LogP contribution in [0.5, 0.6) is 0 Å². The van der Waals surface area contributed by atoms with Crippen LogP contribution in [0, 0.1) is 5.92 Å². The van der Waals surface area contributed by atoms with Crippen molar-refractivity contribution in [1.29, 1.82) is 0 Å². The van der Waals surface area contributed by atoms with Crippen molar-refractivity contribution in [2.24, 2.45) is 5.92 Å². The largest absolute Gasteiger partial charge is 0.354 e. The number of rotatable bonds is 4. The van der Waals surface area contributed by atoms with E-state index in [9.17, 15) is 4.79 Å². The Kier molecular flexibility index (Phi) is 4.74. The highest BCUT2D eigenvalue weighted by atomic mass is 32.2. The number of nitrogens with one attached hydrogen (secondary N) is 2. The lowest BCUT2D eigenvalue weighted by atomic mass is 9.85. The van der Waals surface area contributed by atoms with Crippen LogP contribution >= 0.6 is 11.8 Å². The van der Waals surface area contributed by atoms with Gasteiger partial charge in [-0.15, -0.1) is 0 Å². The SMILES string of the molecule is CSC(C)CNC(=O)C1CC2CCCCC2N1. The minimum atomic E-state index is 0.0668. The van der Waals surface area contributed by atoms with Crippen LogP contribution in [-0.2, 0) is 4.79 Å². The fourth-order valence-corrected chi connectivity index (χ4v) is 3.22. The first kappa shape index (κ1) is 13.2. The van der Waals surface area contributed by atoms with Crippen molar-refractivity contribution < 1.29 is 4.79 Å². The van der Waals surface area contributed by atoms with E-state index >= 15 is 0 Å². The Hall–Kier alpha value is -0.220. The number of thioether (sulfide) groups is 1. The van der Waals surface area contributed by atoms with Crippen molar-refractivity contribution in [2.45, 2.75) is 56.4 Å². The summed E-state index contributed by atoms with van der Waals surface area (Å²) in [5.74, 6) is 0.956. The van der Waals surface area contributed by atoms with Gasteiger partial charge >= 0.3 is 0 Å². The van der Waals surface area contributed by atoms with E-state index in [0.29, 0.717) is 11.3 Å². The van der Waals surface area contributed by atoms with Crippen molar-refractivity contribution >= 4 is 17.7 Å². The highest BCUT2D eigenvalue weighted by molar-refractivity contribution is 7.99. The second-order valence-corrected chi connectivity index (χ2v) is 6.67. The van der Waals surface area contributed by atoms with Crippen LogP contribution in [0.15, 0.2) is 0 Å². The van der Waals surface area contributed by atoms with Crippen molar-refractivity contribution in [3.8, 4) is 0 Å². The Morgan fingerprint density at radius 2 is 2.24 bits per heavy atom. The normalized spacial score (nSPS) is 34.1. The summed E-state index contributed by atoms with van der Waals surface area (Å²) in [5, 5.41) is 7.08. The van der Waals surface area contributed by atoms with Gasteiger partial charge in [-0.25, -0.2) is 0 Å². The van der Waals surface area contributed by atoms with Gasteiger partial charge in [-0.05, 0) is 31.4 Å². The smallest absolute Gasteiger partial charge is 0.237 e. The molecule has 0 bridgehead atoms. The van der Waals surface area contributed by atoms with Crippen LogP contribution < -0.4 is 10.6 Å². The first-order chi connectivity index (χ1) is 8.20. The maximum absolute atomic E-state index is 12.0. The van der Waals surface area contributed by atoms with Gasteiger partial charge in [0.05, 0.1) is 6.04 Å². The molecule has 1 aliphatic carbocycles. The molecule has 0 aromatic carbocycles. The number of carbonyl (C=O) groups excluding carboxylic acids is 1. The molecule has 4 heteroatoms. The van der Waals surface area contributed by atoms with E-state index < -0.39 is 0 Å². The Bertz CT molecular complexity index is 258. The summed E-state index contributed by atoms with van der Waals surface area (Å²) in [6.07, 6.45) is 8.37. The lowest BCUT2D eigenvalue weighted by Gasteiger charge is -2.24. The summed E-state index contributed by atoms with van der Waals surface area (Å²) in [6.45, 7) is 2.93. The molecular weight excluding hydrogens is 232 g/mol. The van der Waals surface area contributed by atoms with Crippen molar-refractivity contribution in [1.82, 2.24) is 10.6 Å². The average molecular weight is 256 g/mol. The molecule has 4 unspecified atom stereocenters. The van der Waals surface area contributed by atoms with E-state index in [1.165, 1.54) is 25.7 Å². The highest BCUT2D eigenvalue weighted by Gasteiger charge is 2.37. The predicted molar refractivity (Wildman–Crippen MR) is 73.3 cm³/mol. The molecule has 2 rings (SSSR count). The van der Waals surface area contributed by atoms with Crippen LogP contribution in [0.25, 0.3) is 0 Å². The van der Waals surface area contributed by atoms with Gasteiger partial charge in [0, 0.05) is 17.8 Å². The quantitative estimate of drug-likeness (QED) is 0.805. The van der Waals surface area contributed by atoms with Crippen molar-refractivity contribution in [3.63, 3.8) is 0 Å². The van der Waals surface area contributed by atoms with E-state index in [-0.39, 0.29) is 11.9 Å². The van der Waals surface area contributed by atoms with Crippen molar-refractivity contribution in [2.75, 3.05) is 12.8 Å². The molecule has 1 heterocycles. The lowest BCUT2D eigenvalue weighted by molar-refractivity contribution is -0.122. The van der Waals surface area contributed by atoms with Crippen molar-refractivity contribution in [3.05, 3.63) is 0 Å². The fraction of sp³-hybridized carbons (Fsp3) is 0.923. The molecule has 2 fully saturated rings. The Balaban J connectivity index is 1.77. The molecule has 2 N–H and O–H groups in total. The maximum atomic E-state index is 12.0. The van der Waals surface area contributed by atoms with Gasteiger partial charge in [0.25, 0.3) is 0 Å². The predicted octanol–water partition coefficient (Wildman–Crippen LogP) is 1.77. The summed E-state index contributed by atoms with van der Waals surface area (Å²) >= 11 is 1.79. The number of carbonyl (C=O) groups is 1. The Morgan fingerprint density at radius 1 is 1.47 bits per heavy atom. The molecule has 0 radical (unpaired) electrons. The molecule has 3 nitrogen and oxygen atoms in total. The maximum Gasteiger partial charge on any atom is 0.237 e. The van der Waals surface area contributed by atoms with E-state index in [1.54, 1.807) is 11.8 Å². The topological polar surface area (TPSA) is 41.1 Å². The zero-order valence-corrected chi connectivity index (χ0v) is 11.7. The lowest BCUT2D eigenvalue weighted by Crippen LogP contribution is -2.44. The standard InChI is InChI=1S/C13H24N2OS/c1-9(17-2)8-14-13(16)12-7-10-5-3-4-6-11(10)15-12/h9-12,15H,3-8H2,1-2H3,(H,14,16). The third-order valence-electron chi connectivity index (χ3n) is 4.15. The first-order valence-electron chi connectivity index (χ1n) is 6.77. The van der Waals surface area contributed by atoms with Crippen LogP contribution in [0.2, 0.25) is 0 Å². The fourth-order valence-electron chi connectivity index (χ4n) is 2.97. The minimum Gasteiger partial charge on any atom is -0.354 e. The first-order valence-corrected chi connectivity index (χ1v) is 8.06. The van der Waals surface area contributed by atoms with E-state index in [2.05, 4.69) is 23.8 Å². The second-order valence-electron chi connectivity index (χ2n) is 5.40. The van der Waals surface area contributed by atoms with Crippen LogP contribution in [0.4, 0.5) is 0 Å². The highest BCUT2D eigenvalue weighted by Crippen LogP contribution is 2.33. The summed E-state index contributed by atoms with van der Waals surface area (Å²) in [6, 6.07) is 0.676. The van der Waals surface area contributed by atoms with Gasteiger partial charge < -0.3 is 10.6 Å². The third-order valence-corrected chi connectivity index (χ3v) is 5.12. The molecule has 2 aliphatic rings. The summed E-state index contributed by atoms with van der Waals surface area (Å²) in [5.41, 5.74) is 0. The summed E-state index contributed by atoms with van der Waals surface area (Å²) < 4.78 is 0. The van der Waals surface area contributed by atoms with Gasteiger partial charge in [-0.3, -0.25) is 4.79 Å². The molecule has 0 aromatic rings. The Labute approximate surface area is 108 Å². The third kappa shape index (κ3) is 3.38. The van der Waals surface area contributed by atoms with Crippen LogP contribution in [-0.4, -0.2) is 36.0 Å². The summed E-state index contributed by atoms with van der Waals surface area (Å²) in [4.78, 5) is 12.0. The number of fused-ring (bicyclic) bond motifs is 1. The van der Waals surface area contributed by atoms with E-state index in [4.69, 9.17) is 0 Å². The van der Waals surface area contributed by atoms with Gasteiger partial charge in [-0.2, -0.15) is 11.8 Å². The van der Waals surface area contributed by atoms with Gasteiger partial charge in [0.2, 0.25) is 5.91 Å². The molecule has 1 saturated heterocycles.